The van der Waals surface area contributed by atoms with Gasteiger partial charge in [-0.2, -0.15) is 4.39 Å². The Labute approximate surface area is 206 Å². The van der Waals surface area contributed by atoms with Crippen molar-refractivity contribution in [3.8, 4) is 22.8 Å². The number of H-pyrrole nitrogens is 1. The highest BCUT2D eigenvalue weighted by atomic mass is 19.1. The largest absolute Gasteiger partial charge is 0.494 e. The average Bonchev–Trinajstić information content (AvgIpc) is 3.44. The first-order valence-corrected chi connectivity index (χ1v) is 11.9. The maximum Gasteiger partial charge on any atom is 0.255 e. The zero-order chi connectivity index (χ0) is 25.6. The third-order valence-corrected chi connectivity index (χ3v) is 6.79. The molecule has 3 heterocycles. The summed E-state index contributed by atoms with van der Waals surface area (Å²) < 4.78 is 25.7. The molecule has 10 nitrogen and oxygen atoms in total. The molecule has 190 valence electrons. The zero-order valence-corrected chi connectivity index (χ0v) is 20.3. The highest BCUT2D eigenvalue weighted by Gasteiger charge is 2.35. The van der Waals surface area contributed by atoms with Gasteiger partial charge in [-0.25, -0.2) is 9.97 Å². The first-order chi connectivity index (χ1) is 17.3. The highest BCUT2D eigenvalue weighted by Crippen LogP contribution is 2.51. The lowest BCUT2D eigenvalue weighted by Crippen LogP contribution is -2.40. The number of nitrogens with one attached hydrogen (secondary N) is 2. The standard InChI is InChI=1S/C25H28FN5O5/c1-12(32)25(34)31-7-6-14(10-31)30-24(33)16-9-27-22-20(28-11-29-21(16)22)15-8-17(35-2)19(26)23(36-3)18(15)13-4-5-13/h8-9,11-14,27,32H,4-7,10H2,1-3H3,(H,30,33)/t12?,14-/m1/s1. The molecule has 11 heteroatoms. The van der Waals surface area contributed by atoms with Crippen molar-refractivity contribution in [1.29, 1.82) is 0 Å². The van der Waals surface area contributed by atoms with Gasteiger partial charge in [-0.05, 0) is 38.2 Å². The van der Waals surface area contributed by atoms with E-state index in [0.717, 1.165) is 18.4 Å². The van der Waals surface area contributed by atoms with Crippen LogP contribution in [0.25, 0.3) is 22.3 Å². The second-order valence-electron chi connectivity index (χ2n) is 9.23. The van der Waals surface area contributed by atoms with E-state index in [0.29, 0.717) is 47.4 Å². The maximum atomic E-state index is 15.0. The lowest BCUT2D eigenvalue weighted by atomic mass is 9.97. The molecule has 2 amide bonds. The molecule has 3 N–H and O–H groups in total. The molecule has 2 aromatic heterocycles. The summed E-state index contributed by atoms with van der Waals surface area (Å²) in [6.07, 6.45) is 4.29. The molecule has 0 radical (unpaired) electrons. The molecule has 36 heavy (non-hydrogen) atoms. The number of amides is 2. The molecule has 2 atom stereocenters. The summed E-state index contributed by atoms with van der Waals surface area (Å²) >= 11 is 0. The van der Waals surface area contributed by atoms with Crippen LogP contribution in [-0.4, -0.2) is 76.2 Å². The number of ether oxygens (including phenoxy) is 2. The number of carbonyl (C=O) groups is 2. The van der Waals surface area contributed by atoms with Crippen LogP contribution in [-0.2, 0) is 4.79 Å². The first kappa shape index (κ1) is 24.0. The molecule has 3 aromatic rings. The number of hydrogen-bond acceptors (Lipinski definition) is 7. The van der Waals surface area contributed by atoms with Crippen molar-refractivity contribution < 1.29 is 28.6 Å². The predicted molar refractivity (Wildman–Crippen MR) is 128 cm³/mol. The van der Waals surface area contributed by atoms with Crippen molar-refractivity contribution in [3.63, 3.8) is 0 Å². The fourth-order valence-corrected chi connectivity index (χ4v) is 4.87. The van der Waals surface area contributed by atoms with Crippen LogP contribution in [0.1, 0.15) is 48.0 Å². The summed E-state index contributed by atoms with van der Waals surface area (Å²) in [5.74, 6) is -0.914. The first-order valence-electron chi connectivity index (χ1n) is 11.9. The summed E-state index contributed by atoms with van der Waals surface area (Å²) in [5.41, 5.74) is 3.21. The number of likely N-dealkylation sites (tertiary alicyclic amines) is 1. The number of halogens is 1. The number of benzene rings is 1. The molecule has 1 aromatic carbocycles. The van der Waals surface area contributed by atoms with E-state index in [2.05, 4.69) is 20.3 Å². The van der Waals surface area contributed by atoms with Gasteiger partial charge in [0.25, 0.3) is 11.8 Å². The van der Waals surface area contributed by atoms with Crippen LogP contribution in [0.5, 0.6) is 11.5 Å². The number of aromatic amines is 1. The van der Waals surface area contributed by atoms with Gasteiger partial charge in [-0.15, -0.1) is 0 Å². The van der Waals surface area contributed by atoms with Gasteiger partial charge in [-0.3, -0.25) is 9.59 Å². The number of methoxy groups -OCH3 is 2. The Hall–Kier alpha value is -3.73. The lowest BCUT2D eigenvalue weighted by molar-refractivity contribution is -0.138. The van der Waals surface area contributed by atoms with Crippen molar-refractivity contribution in [1.82, 2.24) is 25.2 Å². The van der Waals surface area contributed by atoms with E-state index in [4.69, 9.17) is 9.47 Å². The monoisotopic (exact) mass is 497 g/mol. The van der Waals surface area contributed by atoms with Gasteiger partial charge in [0.2, 0.25) is 5.82 Å². The van der Waals surface area contributed by atoms with Crippen LogP contribution in [0.3, 0.4) is 0 Å². The second kappa shape index (κ2) is 9.38. The lowest BCUT2D eigenvalue weighted by Gasteiger charge is -2.18. The van der Waals surface area contributed by atoms with E-state index in [1.807, 2.05) is 0 Å². The normalized spacial score (nSPS) is 18.4. The quantitative estimate of drug-likeness (QED) is 0.457. The smallest absolute Gasteiger partial charge is 0.255 e. The minimum atomic E-state index is -1.08. The zero-order valence-electron chi connectivity index (χ0n) is 20.3. The van der Waals surface area contributed by atoms with Crippen LogP contribution >= 0.6 is 0 Å². The Bertz CT molecular complexity index is 1340. The average molecular weight is 498 g/mol. The molecule has 5 rings (SSSR count). The second-order valence-corrected chi connectivity index (χ2v) is 9.23. The highest BCUT2D eigenvalue weighted by molar-refractivity contribution is 6.08. The van der Waals surface area contributed by atoms with E-state index in [9.17, 15) is 19.1 Å². The summed E-state index contributed by atoms with van der Waals surface area (Å²) in [5, 5.41) is 12.5. The van der Waals surface area contributed by atoms with Gasteiger partial charge < -0.3 is 29.8 Å². The van der Waals surface area contributed by atoms with E-state index >= 15 is 0 Å². The summed E-state index contributed by atoms with van der Waals surface area (Å²) in [4.78, 5) is 38.7. The van der Waals surface area contributed by atoms with Crippen LogP contribution in [0.2, 0.25) is 0 Å². The Kier molecular flexibility index (Phi) is 6.25. The fourth-order valence-electron chi connectivity index (χ4n) is 4.87. The van der Waals surface area contributed by atoms with Crippen molar-refractivity contribution in [2.75, 3.05) is 27.3 Å². The molecule has 1 aliphatic heterocycles. The number of fused-ring (bicyclic) bond motifs is 1. The third-order valence-electron chi connectivity index (χ3n) is 6.79. The SMILES string of the molecule is COc1cc(-c2ncnc3c(C(=O)N[C@@H]4CCN(C(=O)C(C)O)C4)c[nH]c23)c(C2CC2)c(OC)c1F. The molecule has 1 saturated carbocycles. The maximum absolute atomic E-state index is 15.0. The number of nitrogens with zero attached hydrogens (tertiary/aromatic N) is 3. The third kappa shape index (κ3) is 4.13. The van der Waals surface area contributed by atoms with Gasteiger partial charge >= 0.3 is 0 Å². The Morgan fingerprint density at radius 1 is 1.25 bits per heavy atom. The van der Waals surface area contributed by atoms with Crippen LogP contribution in [0, 0.1) is 5.82 Å². The Morgan fingerprint density at radius 2 is 2.03 bits per heavy atom. The molecular formula is C25H28FN5O5. The van der Waals surface area contributed by atoms with Crippen LogP contribution < -0.4 is 14.8 Å². The predicted octanol–water partition coefficient (Wildman–Crippen LogP) is 2.37. The van der Waals surface area contributed by atoms with E-state index in [1.54, 1.807) is 17.2 Å². The molecular weight excluding hydrogens is 469 g/mol. The van der Waals surface area contributed by atoms with Gasteiger partial charge in [0.05, 0.1) is 31.0 Å². The van der Waals surface area contributed by atoms with Crippen LogP contribution in [0.4, 0.5) is 4.39 Å². The van der Waals surface area contributed by atoms with E-state index < -0.39 is 11.9 Å². The van der Waals surface area contributed by atoms with Crippen molar-refractivity contribution in [2.45, 2.75) is 44.2 Å². The number of aliphatic hydroxyl groups excluding tert-OH is 1. The minimum Gasteiger partial charge on any atom is -0.494 e. The number of hydrogen-bond donors (Lipinski definition) is 3. The molecule has 0 bridgehead atoms. The minimum absolute atomic E-state index is 0.0417. The van der Waals surface area contributed by atoms with E-state index in [-0.39, 0.29) is 35.3 Å². The summed E-state index contributed by atoms with van der Waals surface area (Å²) in [7, 11) is 2.82. The van der Waals surface area contributed by atoms with Gasteiger partial charge in [0, 0.05) is 36.5 Å². The van der Waals surface area contributed by atoms with Gasteiger partial charge in [0.15, 0.2) is 11.5 Å². The molecule has 1 aliphatic carbocycles. The van der Waals surface area contributed by atoms with Gasteiger partial charge in [0.1, 0.15) is 17.9 Å². The van der Waals surface area contributed by atoms with Gasteiger partial charge in [-0.1, -0.05) is 0 Å². The summed E-state index contributed by atoms with van der Waals surface area (Å²) in [6.45, 7) is 2.23. The molecule has 1 saturated heterocycles. The van der Waals surface area contributed by atoms with Crippen molar-refractivity contribution >= 4 is 22.8 Å². The fraction of sp³-hybridized carbons (Fsp3) is 0.440. The number of aromatic nitrogens is 3. The summed E-state index contributed by atoms with van der Waals surface area (Å²) in [6, 6.07) is 1.37. The Balaban J connectivity index is 1.48. The van der Waals surface area contributed by atoms with Crippen molar-refractivity contribution in [3.05, 3.63) is 35.5 Å². The Morgan fingerprint density at radius 3 is 2.69 bits per heavy atom. The van der Waals surface area contributed by atoms with E-state index in [1.165, 1.54) is 27.5 Å². The molecule has 0 spiro atoms. The van der Waals surface area contributed by atoms with Crippen molar-refractivity contribution in [2.24, 2.45) is 0 Å². The number of aliphatic hydroxyl groups is 1. The molecule has 2 fully saturated rings. The number of rotatable bonds is 7. The molecule has 2 aliphatic rings. The van der Waals surface area contributed by atoms with Crippen LogP contribution in [0.15, 0.2) is 18.6 Å². The molecule has 1 unspecified atom stereocenters. The number of carbonyl (C=O) groups excluding carboxylic acids is 2. The topological polar surface area (TPSA) is 130 Å².